The first-order valence-electron chi connectivity index (χ1n) is 8.83. The summed E-state index contributed by atoms with van der Waals surface area (Å²) < 4.78 is 4.79. The van der Waals surface area contributed by atoms with Crippen LogP contribution in [0.1, 0.15) is 46.9 Å². The smallest absolute Gasteiger partial charge is 0.256 e. The van der Waals surface area contributed by atoms with Crippen molar-refractivity contribution in [2.75, 3.05) is 20.6 Å². The number of carbonyl (C=O) groups is 1. The van der Waals surface area contributed by atoms with Crippen molar-refractivity contribution in [1.29, 1.82) is 0 Å². The number of likely N-dealkylation sites (tertiary alicyclic amines) is 1. The predicted molar refractivity (Wildman–Crippen MR) is 95.4 cm³/mol. The molecule has 8 heteroatoms. The molecule has 3 heterocycles. The molecule has 0 aliphatic carbocycles. The maximum absolute atomic E-state index is 12.5. The number of rotatable bonds is 4. The molecule has 0 radical (unpaired) electrons. The zero-order valence-electron chi connectivity index (χ0n) is 15.0. The van der Waals surface area contributed by atoms with Crippen molar-refractivity contribution in [3.05, 3.63) is 41.2 Å². The maximum Gasteiger partial charge on any atom is 0.256 e. The van der Waals surface area contributed by atoms with Crippen LogP contribution in [0.2, 0.25) is 0 Å². The normalized spacial score (nSPS) is 18.3. The van der Waals surface area contributed by atoms with Gasteiger partial charge in [-0.25, -0.2) is 4.63 Å². The van der Waals surface area contributed by atoms with Gasteiger partial charge < -0.3 is 4.90 Å². The van der Waals surface area contributed by atoms with Crippen LogP contribution in [-0.2, 0) is 6.54 Å². The molecule has 8 nitrogen and oxygen atoms in total. The number of hydrogen-bond acceptors (Lipinski definition) is 6. The lowest BCUT2D eigenvalue weighted by Crippen LogP contribution is -2.34. The van der Waals surface area contributed by atoms with E-state index in [-0.39, 0.29) is 11.9 Å². The summed E-state index contributed by atoms with van der Waals surface area (Å²) in [5, 5.41) is 15.0. The summed E-state index contributed by atoms with van der Waals surface area (Å²) in [6.07, 6.45) is 4.93. The Hall–Kier alpha value is -2.74. The van der Waals surface area contributed by atoms with Crippen LogP contribution >= 0.6 is 0 Å². The Labute approximate surface area is 151 Å². The average molecular weight is 354 g/mol. The van der Waals surface area contributed by atoms with E-state index in [4.69, 9.17) is 4.63 Å². The fourth-order valence-corrected chi connectivity index (χ4v) is 3.63. The van der Waals surface area contributed by atoms with Crippen molar-refractivity contribution in [1.82, 2.24) is 30.3 Å². The van der Waals surface area contributed by atoms with Crippen LogP contribution < -0.4 is 0 Å². The molecule has 1 aliphatic rings. The lowest BCUT2D eigenvalue weighted by atomic mass is 9.96. The van der Waals surface area contributed by atoms with E-state index in [0.29, 0.717) is 5.56 Å². The summed E-state index contributed by atoms with van der Waals surface area (Å²) in [6, 6.07) is 6.14. The molecule has 4 rings (SSSR count). The van der Waals surface area contributed by atoms with Crippen LogP contribution in [0.4, 0.5) is 0 Å². The molecule has 1 aromatic carbocycles. The summed E-state index contributed by atoms with van der Waals surface area (Å²) in [6.45, 7) is 1.76. The van der Waals surface area contributed by atoms with Gasteiger partial charge in [-0.2, -0.15) is 5.10 Å². The number of carbonyl (C=O) groups excluding carboxylic acids is 1. The van der Waals surface area contributed by atoms with Crippen LogP contribution in [0.15, 0.2) is 29.0 Å². The molecule has 0 saturated carbocycles. The van der Waals surface area contributed by atoms with Gasteiger partial charge >= 0.3 is 0 Å². The van der Waals surface area contributed by atoms with Gasteiger partial charge in [0.2, 0.25) is 0 Å². The van der Waals surface area contributed by atoms with Crippen LogP contribution in [0.5, 0.6) is 0 Å². The Morgan fingerprint density at radius 2 is 2.15 bits per heavy atom. The predicted octanol–water partition coefficient (Wildman–Crippen LogP) is 2.37. The van der Waals surface area contributed by atoms with Gasteiger partial charge in [-0.1, -0.05) is 12.5 Å². The fraction of sp³-hybridized carbons (Fsp3) is 0.444. The number of benzene rings is 1. The number of aromatic amines is 1. The molecule has 1 amide bonds. The number of piperidine rings is 1. The maximum atomic E-state index is 12.5. The summed E-state index contributed by atoms with van der Waals surface area (Å²) in [7, 11) is 3.53. The second-order valence-corrected chi connectivity index (χ2v) is 6.97. The number of fused-ring (bicyclic) bond motifs is 1. The second-order valence-electron chi connectivity index (χ2n) is 6.97. The number of nitrogens with one attached hydrogen (secondary N) is 1. The van der Waals surface area contributed by atoms with E-state index in [1.165, 1.54) is 0 Å². The minimum Gasteiger partial charge on any atom is -0.345 e. The first kappa shape index (κ1) is 16.7. The first-order valence-corrected chi connectivity index (χ1v) is 8.83. The summed E-state index contributed by atoms with van der Waals surface area (Å²) >= 11 is 0. The highest BCUT2D eigenvalue weighted by Crippen LogP contribution is 2.33. The van der Waals surface area contributed by atoms with Gasteiger partial charge in [0, 0.05) is 20.6 Å². The monoisotopic (exact) mass is 354 g/mol. The largest absolute Gasteiger partial charge is 0.345 e. The van der Waals surface area contributed by atoms with Gasteiger partial charge in [0.1, 0.15) is 11.0 Å². The van der Waals surface area contributed by atoms with Gasteiger partial charge in [-0.15, -0.1) is 0 Å². The minimum atomic E-state index is -0.0191. The molecule has 26 heavy (non-hydrogen) atoms. The number of aromatic nitrogens is 4. The molecular formula is C18H22N6O2. The van der Waals surface area contributed by atoms with Crippen molar-refractivity contribution >= 4 is 16.9 Å². The lowest BCUT2D eigenvalue weighted by molar-refractivity contribution is 0.0819. The van der Waals surface area contributed by atoms with Gasteiger partial charge in [-0.05, 0) is 47.4 Å². The zero-order valence-corrected chi connectivity index (χ0v) is 15.0. The third kappa shape index (κ3) is 3.08. The van der Waals surface area contributed by atoms with Crippen molar-refractivity contribution in [3.63, 3.8) is 0 Å². The SMILES string of the molecule is CN(C)C(=O)c1cn[nH]c1C1CCCCN1Cc1ccc2nonc2c1. The highest BCUT2D eigenvalue weighted by atomic mass is 16.6. The van der Waals surface area contributed by atoms with E-state index in [0.717, 1.165) is 54.6 Å². The Morgan fingerprint density at radius 1 is 1.31 bits per heavy atom. The molecule has 1 fully saturated rings. The van der Waals surface area contributed by atoms with Gasteiger partial charge in [0.05, 0.1) is 23.5 Å². The second kappa shape index (κ2) is 6.87. The highest BCUT2D eigenvalue weighted by Gasteiger charge is 2.29. The molecule has 1 atom stereocenters. The molecule has 2 aromatic heterocycles. The van der Waals surface area contributed by atoms with Crippen molar-refractivity contribution in [2.24, 2.45) is 0 Å². The van der Waals surface area contributed by atoms with E-state index in [9.17, 15) is 4.79 Å². The molecule has 1 saturated heterocycles. The topological polar surface area (TPSA) is 91.2 Å². The fourth-order valence-electron chi connectivity index (χ4n) is 3.63. The van der Waals surface area contributed by atoms with Crippen molar-refractivity contribution in [3.8, 4) is 0 Å². The Bertz CT molecular complexity index is 915. The van der Waals surface area contributed by atoms with E-state index in [1.807, 2.05) is 12.1 Å². The van der Waals surface area contributed by atoms with E-state index in [2.05, 4.69) is 31.5 Å². The zero-order chi connectivity index (χ0) is 18.1. The molecule has 0 spiro atoms. The summed E-state index contributed by atoms with van der Waals surface area (Å²) in [5.74, 6) is -0.0191. The molecule has 1 unspecified atom stereocenters. The molecule has 3 aromatic rings. The van der Waals surface area contributed by atoms with E-state index >= 15 is 0 Å². The molecular weight excluding hydrogens is 332 g/mol. The van der Waals surface area contributed by atoms with E-state index in [1.54, 1.807) is 25.2 Å². The lowest BCUT2D eigenvalue weighted by Gasteiger charge is -2.35. The van der Waals surface area contributed by atoms with E-state index < -0.39 is 0 Å². The molecule has 1 aliphatic heterocycles. The first-order chi connectivity index (χ1) is 12.6. The Kier molecular flexibility index (Phi) is 4.42. The Morgan fingerprint density at radius 3 is 3.00 bits per heavy atom. The number of nitrogens with zero attached hydrogens (tertiary/aromatic N) is 5. The van der Waals surface area contributed by atoms with Crippen molar-refractivity contribution in [2.45, 2.75) is 31.8 Å². The van der Waals surface area contributed by atoms with Crippen LogP contribution in [0.3, 0.4) is 0 Å². The third-order valence-corrected chi connectivity index (χ3v) is 4.96. The van der Waals surface area contributed by atoms with Gasteiger partial charge in [0.25, 0.3) is 5.91 Å². The standard InChI is InChI=1S/C18H22N6O2/c1-23(2)18(25)13-10-19-20-17(13)16-5-3-4-8-24(16)11-12-6-7-14-15(9-12)22-26-21-14/h6-7,9-10,16H,3-5,8,11H2,1-2H3,(H,19,20). The number of hydrogen-bond donors (Lipinski definition) is 1. The van der Waals surface area contributed by atoms with Crippen molar-refractivity contribution < 1.29 is 9.42 Å². The van der Waals surface area contributed by atoms with Crippen LogP contribution in [-0.4, -0.2) is 56.9 Å². The number of H-pyrrole nitrogens is 1. The molecule has 136 valence electrons. The quantitative estimate of drug-likeness (QED) is 0.773. The minimum absolute atomic E-state index is 0.0191. The van der Waals surface area contributed by atoms with Gasteiger partial charge in [-0.3, -0.25) is 14.8 Å². The van der Waals surface area contributed by atoms with Crippen LogP contribution in [0.25, 0.3) is 11.0 Å². The Balaban J connectivity index is 1.61. The summed E-state index contributed by atoms with van der Waals surface area (Å²) in [5.41, 5.74) is 4.24. The highest BCUT2D eigenvalue weighted by molar-refractivity contribution is 5.94. The molecule has 1 N–H and O–H groups in total. The third-order valence-electron chi connectivity index (χ3n) is 4.96. The van der Waals surface area contributed by atoms with Gasteiger partial charge in [0.15, 0.2) is 0 Å². The summed E-state index contributed by atoms with van der Waals surface area (Å²) in [4.78, 5) is 16.5. The molecule has 0 bridgehead atoms. The average Bonchev–Trinajstić information content (AvgIpc) is 3.30. The van der Waals surface area contributed by atoms with Crippen LogP contribution in [0, 0.1) is 0 Å². The number of amides is 1.